The molecule has 4 heteroatoms. The van der Waals surface area contributed by atoms with Gasteiger partial charge in [-0.3, -0.25) is 4.79 Å². The van der Waals surface area contributed by atoms with Crippen molar-refractivity contribution in [3.8, 4) is 6.07 Å². The van der Waals surface area contributed by atoms with Crippen molar-refractivity contribution in [2.75, 3.05) is 6.54 Å². The molecule has 1 aliphatic rings. The maximum absolute atomic E-state index is 11.9. The zero-order valence-corrected chi connectivity index (χ0v) is 10.5. The summed E-state index contributed by atoms with van der Waals surface area (Å²) in [5.74, 6) is -0.985. The molecule has 0 aromatic carbocycles. The first-order chi connectivity index (χ1) is 8.11. The number of hydrogen-bond donors (Lipinski definition) is 1. The Morgan fingerprint density at radius 1 is 1.47 bits per heavy atom. The van der Waals surface area contributed by atoms with Crippen LogP contribution in [0.1, 0.15) is 39.5 Å². The van der Waals surface area contributed by atoms with Gasteiger partial charge in [-0.25, -0.2) is 0 Å². The van der Waals surface area contributed by atoms with E-state index in [1.165, 1.54) is 4.90 Å². The fourth-order valence-electron chi connectivity index (χ4n) is 2.02. The van der Waals surface area contributed by atoms with Gasteiger partial charge in [-0.1, -0.05) is 26.2 Å². The van der Waals surface area contributed by atoms with Crippen LogP contribution in [0.15, 0.2) is 11.6 Å². The van der Waals surface area contributed by atoms with Gasteiger partial charge in [0.15, 0.2) is 0 Å². The quantitative estimate of drug-likeness (QED) is 0.585. The first-order valence-corrected chi connectivity index (χ1v) is 6.18. The van der Waals surface area contributed by atoms with Crippen molar-refractivity contribution in [1.82, 2.24) is 4.90 Å². The molecule has 0 spiro atoms. The van der Waals surface area contributed by atoms with Crippen molar-refractivity contribution in [2.24, 2.45) is 5.92 Å². The smallest absolute Gasteiger partial charge is 0.246 e. The maximum Gasteiger partial charge on any atom is 0.246 e. The minimum Gasteiger partial charge on any atom is -0.370 e. The molecule has 0 bridgehead atoms. The summed E-state index contributed by atoms with van der Waals surface area (Å²) in [6.07, 6.45) is 4.92. The van der Waals surface area contributed by atoms with Crippen molar-refractivity contribution in [3.05, 3.63) is 11.6 Å². The molecule has 0 aromatic heterocycles. The molecule has 1 rings (SSSR count). The van der Waals surface area contributed by atoms with E-state index in [2.05, 4.69) is 6.92 Å². The fourth-order valence-corrected chi connectivity index (χ4v) is 2.02. The van der Waals surface area contributed by atoms with Gasteiger partial charge in [0.25, 0.3) is 0 Å². The van der Waals surface area contributed by atoms with Crippen molar-refractivity contribution in [2.45, 2.75) is 45.8 Å². The Bertz CT molecular complexity index is 344. The van der Waals surface area contributed by atoms with Gasteiger partial charge in [0.05, 0.1) is 6.07 Å². The average molecular weight is 236 g/mol. The molecule has 0 radical (unpaired) electrons. The normalized spacial score (nSPS) is 24.5. The van der Waals surface area contributed by atoms with Crippen LogP contribution in [0.4, 0.5) is 0 Å². The average Bonchev–Trinajstić information content (AvgIpc) is 2.28. The van der Waals surface area contributed by atoms with E-state index >= 15 is 0 Å². The number of unbranched alkanes of at least 4 members (excludes halogenated alkanes) is 3. The molecule has 94 valence electrons. The lowest BCUT2D eigenvalue weighted by atomic mass is 9.95. The lowest BCUT2D eigenvalue weighted by molar-refractivity contribution is -0.141. The summed E-state index contributed by atoms with van der Waals surface area (Å²) in [5.41, 5.74) is 0.648. The van der Waals surface area contributed by atoms with Crippen LogP contribution >= 0.6 is 0 Å². The Morgan fingerprint density at radius 3 is 2.76 bits per heavy atom. The molecule has 1 aliphatic heterocycles. The number of rotatable bonds is 5. The van der Waals surface area contributed by atoms with Crippen LogP contribution in [0.25, 0.3) is 0 Å². The van der Waals surface area contributed by atoms with Crippen LogP contribution in [0.3, 0.4) is 0 Å². The van der Waals surface area contributed by atoms with Crippen LogP contribution in [0.5, 0.6) is 0 Å². The molecule has 17 heavy (non-hydrogen) atoms. The SMILES string of the molecule is CCCCCCN1C(=O)C(C#N)C(C)=CC1O. The van der Waals surface area contributed by atoms with Crippen molar-refractivity contribution in [3.63, 3.8) is 0 Å². The second-order valence-corrected chi connectivity index (χ2v) is 4.48. The molecule has 0 aromatic rings. The third kappa shape index (κ3) is 3.31. The Morgan fingerprint density at radius 2 is 2.18 bits per heavy atom. The topological polar surface area (TPSA) is 64.3 Å². The van der Waals surface area contributed by atoms with Gasteiger partial charge in [-0.15, -0.1) is 0 Å². The number of aliphatic hydroxyl groups is 1. The van der Waals surface area contributed by atoms with Crippen LogP contribution in [-0.2, 0) is 4.79 Å². The minimum atomic E-state index is -0.867. The zero-order chi connectivity index (χ0) is 12.8. The van der Waals surface area contributed by atoms with E-state index in [0.29, 0.717) is 12.1 Å². The standard InChI is InChI=1S/C13H20N2O2/c1-3-4-5-6-7-15-12(16)8-10(2)11(9-14)13(15)17/h8,11-12,16H,3-7H2,1-2H3. The maximum atomic E-state index is 11.9. The molecule has 0 fully saturated rings. The Labute approximate surface area is 103 Å². The van der Waals surface area contributed by atoms with Crippen molar-refractivity contribution < 1.29 is 9.90 Å². The van der Waals surface area contributed by atoms with E-state index < -0.39 is 12.1 Å². The number of nitriles is 1. The molecule has 0 saturated carbocycles. The van der Waals surface area contributed by atoms with E-state index in [1.54, 1.807) is 13.0 Å². The highest BCUT2D eigenvalue weighted by Gasteiger charge is 2.33. The van der Waals surface area contributed by atoms with E-state index in [-0.39, 0.29) is 5.91 Å². The first kappa shape index (κ1) is 13.7. The second kappa shape index (κ2) is 6.41. The molecule has 0 aliphatic carbocycles. The number of carbonyl (C=O) groups excluding carboxylic acids is 1. The van der Waals surface area contributed by atoms with E-state index in [9.17, 15) is 9.90 Å². The predicted octanol–water partition coefficient (Wildman–Crippen LogP) is 1.81. The van der Waals surface area contributed by atoms with Crippen LogP contribution < -0.4 is 0 Å². The van der Waals surface area contributed by atoms with Gasteiger partial charge >= 0.3 is 0 Å². The Balaban J connectivity index is 2.60. The van der Waals surface area contributed by atoms with Gasteiger partial charge < -0.3 is 10.0 Å². The summed E-state index contributed by atoms with van der Waals surface area (Å²) in [6, 6.07) is 1.98. The van der Waals surface area contributed by atoms with Gasteiger partial charge in [-0.05, 0) is 25.0 Å². The van der Waals surface area contributed by atoms with Gasteiger partial charge in [0, 0.05) is 6.54 Å². The summed E-state index contributed by atoms with van der Waals surface area (Å²) in [5, 5.41) is 18.7. The number of carbonyl (C=O) groups is 1. The number of hydrogen-bond acceptors (Lipinski definition) is 3. The van der Waals surface area contributed by atoms with Crippen LogP contribution in [0, 0.1) is 17.2 Å². The highest BCUT2D eigenvalue weighted by Crippen LogP contribution is 2.22. The largest absolute Gasteiger partial charge is 0.370 e. The number of amides is 1. The lowest BCUT2D eigenvalue weighted by Crippen LogP contribution is -2.46. The molecule has 1 N–H and O–H groups in total. The summed E-state index contributed by atoms with van der Waals surface area (Å²) in [4.78, 5) is 13.3. The third-order valence-electron chi connectivity index (χ3n) is 3.10. The highest BCUT2D eigenvalue weighted by molar-refractivity contribution is 5.85. The van der Waals surface area contributed by atoms with E-state index in [0.717, 1.165) is 25.7 Å². The second-order valence-electron chi connectivity index (χ2n) is 4.48. The molecular formula is C13H20N2O2. The first-order valence-electron chi connectivity index (χ1n) is 6.18. The zero-order valence-electron chi connectivity index (χ0n) is 10.5. The third-order valence-corrected chi connectivity index (χ3v) is 3.10. The Hall–Kier alpha value is -1.34. The number of nitrogens with zero attached hydrogens (tertiary/aromatic N) is 2. The lowest BCUT2D eigenvalue weighted by Gasteiger charge is -2.32. The van der Waals surface area contributed by atoms with Crippen LogP contribution in [0.2, 0.25) is 0 Å². The van der Waals surface area contributed by atoms with E-state index in [1.807, 2.05) is 6.07 Å². The summed E-state index contributed by atoms with van der Waals surface area (Å²) < 4.78 is 0. The van der Waals surface area contributed by atoms with Gasteiger partial charge in [0.1, 0.15) is 12.1 Å². The molecule has 1 heterocycles. The monoisotopic (exact) mass is 236 g/mol. The summed E-state index contributed by atoms with van der Waals surface area (Å²) >= 11 is 0. The number of aliphatic hydroxyl groups excluding tert-OH is 1. The van der Waals surface area contributed by atoms with E-state index in [4.69, 9.17) is 5.26 Å². The molecular weight excluding hydrogens is 216 g/mol. The summed E-state index contributed by atoms with van der Waals surface area (Å²) in [7, 11) is 0. The van der Waals surface area contributed by atoms with Gasteiger partial charge in [0.2, 0.25) is 5.91 Å². The molecule has 1 amide bonds. The fraction of sp³-hybridized carbons (Fsp3) is 0.692. The molecule has 4 nitrogen and oxygen atoms in total. The van der Waals surface area contributed by atoms with Gasteiger partial charge in [-0.2, -0.15) is 5.26 Å². The Kier molecular flexibility index (Phi) is 5.17. The minimum absolute atomic E-state index is 0.267. The van der Waals surface area contributed by atoms with Crippen LogP contribution in [-0.4, -0.2) is 28.7 Å². The van der Waals surface area contributed by atoms with Crippen molar-refractivity contribution in [1.29, 1.82) is 5.26 Å². The summed E-state index contributed by atoms with van der Waals surface area (Å²) in [6.45, 7) is 4.37. The molecule has 2 unspecified atom stereocenters. The molecule has 2 atom stereocenters. The van der Waals surface area contributed by atoms with Crippen molar-refractivity contribution >= 4 is 5.91 Å². The molecule has 0 saturated heterocycles. The highest BCUT2D eigenvalue weighted by atomic mass is 16.3. The predicted molar refractivity (Wildman–Crippen MR) is 64.7 cm³/mol.